The number of azo groups is 1. The minimum atomic E-state index is -4.47. The van der Waals surface area contributed by atoms with Gasteiger partial charge in [0.1, 0.15) is 30.4 Å². The Balaban J connectivity index is 0.00000320. The fourth-order valence-electron chi connectivity index (χ4n) is 2.43. The summed E-state index contributed by atoms with van der Waals surface area (Å²) in [5, 5.41) is 18.3. The van der Waals surface area contributed by atoms with E-state index in [9.17, 15) is 13.5 Å². The zero-order chi connectivity index (χ0) is 20.7. The third-order valence-corrected chi connectivity index (χ3v) is 4.24. The van der Waals surface area contributed by atoms with Gasteiger partial charge in [-0.1, -0.05) is 36.4 Å². The molecule has 0 fully saturated rings. The number of nitrogens with zero attached hydrogens (tertiary/aromatic N) is 2. The van der Waals surface area contributed by atoms with Gasteiger partial charge in [-0.05, 0) is 47.5 Å². The number of rotatable bonds is 8. The molecule has 0 saturated carbocycles. The van der Waals surface area contributed by atoms with Crippen molar-refractivity contribution in [1.82, 2.24) is 0 Å². The SMILES string of the molecule is O=S(=O)(O)OCCOc1ccc(N=Nc2cc(-c3ccccc3)ccc2O)cc1.[K]. The zero-order valence-corrected chi connectivity index (χ0v) is 20.1. The first-order valence-electron chi connectivity index (χ1n) is 8.55. The molecular weight excluding hydrogens is 435 g/mol. The van der Waals surface area contributed by atoms with Gasteiger partial charge in [-0.3, -0.25) is 4.55 Å². The first-order chi connectivity index (χ1) is 13.9. The number of hydrogen-bond donors (Lipinski definition) is 2. The molecule has 1 radical (unpaired) electrons. The van der Waals surface area contributed by atoms with E-state index in [0.717, 1.165) is 11.1 Å². The average molecular weight is 454 g/mol. The Labute approximate surface area is 217 Å². The maximum atomic E-state index is 10.4. The molecule has 0 aliphatic rings. The Morgan fingerprint density at radius 3 is 2.20 bits per heavy atom. The molecule has 2 N–H and O–H groups in total. The molecular formula is C20H18KN2O6S. The van der Waals surface area contributed by atoms with Crippen molar-refractivity contribution >= 4 is 73.2 Å². The molecule has 0 aromatic heterocycles. The summed E-state index contributed by atoms with van der Waals surface area (Å²) in [6.07, 6.45) is 0. The van der Waals surface area contributed by atoms with Crippen molar-refractivity contribution in [3.8, 4) is 22.6 Å². The first-order valence-corrected chi connectivity index (χ1v) is 9.92. The average Bonchev–Trinajstić information content (AvgIpc) is 2.71. The van der Waals surface area contributed by atoms with Crippen LogP contribution in [0.4, 0.5) is 11.4 Å². The summed E-state index contributed by atoms with van der Waals surface area (Å²) in [6.45, 7) is -0.363. The molecule has 151 valence electrons. The molecule has 3 rings (SSSR count). The third-order valence-electron chi connectivity index (χ3n) is 3.78. The second-order valence-corrected chi connectivity index (χ2v) is 6.95. The van der Waals surface area contributed by atoms with Crippen LogP contribution in [0.25, 0.3) is 11.1 Å². The van der Waals surface area contributed by atoms with Gasteiger partial charge in [-0.15, -0.1) is 5.11 Å². The van der Waals surface area contributed by atoms with Crippen LogP contribution in [0.1, 0.15) is 0 Å². The van der Waals surface area contributed by atoms with Crippen LogP contribution < -0.4 is 4.74 Å². The van der Waals surface area contributed by atoms with Gasteiger partial charge in [0, 0.05) is 51.4 Å². The maximum Gasteiger partial charge on any atom is 0.397 e. The summed E-state index contributed by atoms with van der Waals surface area (Å²) in [4.78, 5) is 0. The molecule has 0 aliphatic carbocycles. The molecule has 0 heterocycles. The summed E-state index contributed by atoms with van der Waals surface area (Å²) in [6, 6.07) is 21.4. The van der Waals surface area contributed by atoms with E-state index >= 15 is 0 Å². The van der Waals surface area contributed by atoms with Gasteiger partial charge in [-0.25, -0.2) is 4.18 Å². The second kappa shape index (κ2) is 11.7. The summed E-state index contributed by atoms with van der Waals surface area (Å²) in [5.74, 6) is 0.490. The maximum absolute atomic E-state index is 10.4. The monoisotopic (exact) mass is 453 g/mol. The largest absolute Gasteiger partial charge is 0.506 e. The summed E-state index contributed by atoms with van der Waals surface area (Å²) in [7, 11) is -4.47. The van der Waals surface area contributed by atoms with Gasteiger partial charge < -0.3 is 9.84 Å². The Bertz CT molecular complexity index is 1090. The van der Waals surface area contributed by atoms with Gasteiger partial charge in [0.05, 0.1) is 5.69 Å². The van der Waals surface area contributed by atoms with Crippen LogP contribution in [0.3, 0.4) is 0 Å². The quantitative estimate of drug-likeness (QED) is 0.227. The molecule has 30 heavy (non-hydrogen) atoms. The fraction of sp³-hybridized carbons (Fsp3) is 0.100. The number of hydrogen-bond acceptors (Lipinski definition) is 7. The molecule has 10 heteroatoms. The van der Waals surface area contributed by atoms with Crippen LogP contribution in [-0.4, -0.2) is 82.7 Å². The van der Waals surface area contributed by atoms with Gasteiger partial charge in [0.15, 0.2) is 0 Å². The van der Waals surface area contributed by atoms with Crippen molar-refractivity contribution in [2.75, 3.05) is 13.2 Å². The molecule has 3 aromatic rings. The number of phenols is 1. The Hall–Kier alpha value is -1.63. The summed E-state index contributed by atoms with van der Waals surface area (Å²) in [5.41, 5.74) is 2.79. The molecule has 0 atom stereocenters. The van der Waals surface area contributed by atoms with Crippen molar-refractivity contribution in [2.24, 2.45) is 10.2 Å². The molecule has 0 saturated heterocycles. The minimum absolute atomic E-state index is 0. The topological polar surface area (TPSA) is 118 Å². The Morgan fingerprint density at radius 1 is 0.833 bits per heavy atom. The van der Waals surface area contributed by atoms with Crippen LogP contribution >= 0.6 is 0 Å². The number of phenolic OH excluding ortho intramolecular Hbond substituents is 1. The summed E-state index contributed by atoms with van der Waals surface area (Å²) >= 11 is 0. The number of aromatic hydroxyl groups is 1. The smallest absolute Gasteiger partial charge is 0.397 e. The molecule has 8 nitrogen and oxygen atoms in total. The van der Waals surface area contributed by atoms with Gasteiger partial charge in [0.25, 0.3) is 0 Å². The normalized spacial score (nSPS) is 11.2. The zero-order valence-electron chi connectivity index (χ0n) is 16.2. The first kappa shape index (κ1) is 24.6. The third kappa shape index (κ3) is 7.89. The predicted molar refractivity (Wildman–Crippen MR) is 113 cm³/mol. The Kier molecular flexibility index (Phi) is 9.59. The van der Waals surface area contributed by atoms with Crippen LogP contribution in [0.15, 0.2) is 83.0 Å². The van der Waals surface area contributed by atoms with Gasteiger partial charge in [0.2, 0.25) is 0 Å². The van der Waals surface area contributed by atoms with Crippen LogP contribution in [0.5, 0.6) is 11.5 Å². The standard InChI is InChI=1S/C20H18N2O6S.K/c23-20-11-6-16(15-4-2-1-3-5-15)14-19(20)22-21-17-7-9-18(10-8-17)27-12-13-28-29(24,25)26;/h1-11,14,23H,12-13H2,(H,24,25,26);. The molecule has 3 aromatic carbocycles. The van der Waals surface area contributed by atoms with Crippen molar-refractivity contribution in [2.45, 2.75) is 0 Å². The van der Waals surface area contributed by atoms with E-state index in [1.54, 1.807) is 36.4 Å². The molecule has 0 spiro atoms. The van der Waals surface area contributed by atoms with Gasteiger partial charge in [-0.2, -0.15) is 13.5 Å². The summed E-state index contributed by atoms with van der Waals surface area (Å²) < 4.78 is 38.8. The molecule has 0 bridgehead atoms. The minimum Gasteiger partial charge on any atom is -0.506 e. The molecule has 0 aliphatic heterocycles. The van der Waals surface area contributed by atoms with Gasteiger partial charge >= 0.3 is 10.4 Å². The van der Waals surface area contributed by atoms with Crippen molar-refractivity contribution < 1.29 is 27.0 Å². The number of benzene rings is 3. The van der Waals surface area contributed by atoms with Crippen LogP contribution in [0, 0.1) is 0 Å². The van der Waals surface area contributed by atoms with Crippen molar-refractivity contribution in [3.05, 3.63) is 72.8 Å². The second-order valence-electron chi connectivity index (χ2n) is 5.86. The van der Waals surface area contributed by atoms with E-state index in [-0.39, 0.29) is 70.3 Å². The van der Waals surface area contributed by atoms with E-state index in [1.165, 1.54) is 0 Å². The van der Waals surface area contributed by atoms with Crippen LogP contribution in [0.2, 0.25) is 0 Å². The van der Waals surface area contributed by atoms with E-state index in [2.05, 4.69) is 14.4 Å². The fourth-order valence-corrected chi connectivity index (χ4v) is 2.71. The van der Waals surface area contributed by atoms with Crippen molar-refractivity contribution in [1.29, 1.82) is 0 Å². The Morgan fingerprint density at radius 2 is 1.53 bits per heavy atom. The number of ether oxygens (including phenoxy) is 1. The van der Waals surface area contributed by atoms with Crippen LogP contribution in [-0.2, 0) is 14.6 Å². The van der Waals surface area contributed by atoms with E-state index in [1.807, 2.05) is 36.4 Å². The van der Waals surface area contributed by atoms with E-state index < -0.39 is 10.4 Å². The molecule has 0 amide bonds. The predicted octanol–water partition coefficient (Wildman–Crippen LogP) is 4.29. The van der Waals surface area contributed by atoms with E-state index in [4.69, 9.17) is 9.29 Å². The van der Waals surface area contributed by atoms with Crippen molar-refractivity contribution in [3.63, 3.8) is 0 Å². The van der Waals surface area contributed by atoms with E-state index in [0.29, 0.717) is 17.1 Å². The molecule has 0 unspecified atom stereocenters.